The lowest BCUT2D eigenvalue weighted by Gasteiger charge is -2.25. The van der Waals surface area contributed by atoms with Crippen LogP contribution in [0.5, 0.6) is 11.5 Å². The lowest BCUT2D eigenvalue weighted by molar-refractivity contribution is 0.0999. The van der Waals surface area contributed by atoms with Crippen molar-refractivity contribution in [2.45, 2.75) is 6.92 Å². The fourth-order valence-corrected chi connectivity index (χ4v) is 2.86. The molecule has 0 saturated heterocycles. The molecule has 0 aliphatic rings. The van der Waals surface area contributed by atoms with Crippen LogP contribution in [0.15, 0.2) is 78.9 Å². The Morgan fingerprint density at radius 3 is 2.27 bits per heavy atom. The Labute approximate surface area is 158 Å². The fourth-order valence-electron chi connectivity index (χ4n) is 2.70. The summed E-state index contributed by atoms with van der Waals surface area (Å²) in [6.07, 6.45) is 0. The molecule has 0 heterocycles. The summed E-state index contributed by atoms with van der Waals surface area (Å²) >= 11 is 6.21. The number of rotatable bonds is 7. The summed E-state index contributed by atoms with van der Waals surface area (Å²) in [6.45, 7) is 2.92. The summed E-state index contributed by atoms with van der Waals surface area (Å²) in [6, 6.07) is 24.3. The van der Waals surface area contributed by atoms with Crippen LogP contribution in [0.4, 0.5) is 5.69 Å². The molecule has 0 aliphatic carbocycles. The summed E-state index contributed by atoms with van der Waals surface area (Å²) in [4.78, 5) is 14.6. The van der Waals surface area contributed by atoms with E-state index in [0.717, 1.165) is 11.4 Å². The van der Waals surface area contributed by atoms with Crippen LogP contribution in [-0.4, -0.2) is 18.9 Å². The Balaban J connectivity index is 1.87. The molecule has 3 aromatic carbocycles. The average molecular weight is 366 g/mol. The van der Waals surface area contributed by atoms with Gasteiger partial charge in [-0.2, -0.15) is 0 Å². The van der Waals surface area contributed by atoms with Gasteiger partial charge in [-0.15, -0.1) is 0 Å². The molecule has 3 nitrogen and oxygen atoms in total. The Morgan fingerprint density at radius 2 is 1.62 bits per heavy atom. The Hall–Kier alpha value is -2.78. The molecular weight excluding hydrogens is 346 g/mol. The molecule has 132 valence electrons. The number of carbonyl (C=O) groups excluding carboxylic acids is 1. The number of Topliss-reactive ketones (excluding diaryl/α,β-unsaturated/α-hetero) is 1. The molecule has 0 bridgehead atoms. The number of halogens is 1. The molecule has 0 unspecified atom stereocenters. The zero-order valence-corrected chi connectivity index (χ0v) is 15.3. The molecule has 0 spiro atoms. The maximum atomic E-state index is 12.6. The van der Waals surface area contributed by atoms with Gasteiger partial charge in [0.05, 0.1) is 12.2 Å². The number of hydrogen-bond acceptors (Lipinski definition) is 3. The molecule has 0 aromatic heterocycles. The summed E-state index contributed by atoms with van der Waals surface area (Å²) in [5.41, 5.74) is 1.49. The smallest absolute Gasteiger partial charge is 0.182 e. The number of benzene rings is 3. The van der Waals surface area contributed by atoms with E-state index in [0.29, 0.717) is 22.9 Å². The van der Waals surface area contributed by atoms with Gasteiger partial charge < -0.3 is 9.64 Å². The second-order valence-electron chi connectivity index (χ2n) is 5.83. The maximum absolute atomic E-state index is 12.6. The molecule has 26 heavy (non-hydrogen) atoms. The molecule has 0 saturated carbocycles. The first-order valence-corrected chi connectivity index (χ1v) is 8.91. The molecule has 0 amide bonds. The SMILES string of the molecule is CCN(CC(=O)c1ccccc1)c1cc(Cl)ccc1Oc1ccccc1. The minimum Gasteiger partial charge on any atom is -0.455 e. The lowest BCUT2D eigenvalue weighted by atomic mass is 10.1. The van der Waals surface area contributed by atoms with Crippen molar-refractivity contribution in [1.29, 1.82) is 0 Å². The van der Waals surface area contributed by atoms with Crippen LogP contribution in [0.1, 0.15) is 17.3 Å². The second kappa shape index (κ2) is 8.54. The number of ketones is 1. The van der Waals surface area contributed by atoms with E-state index in [9.17, 15) is 4.79 Å². The number of nitrogens with zero attached hydrogens (tertiary/aromatic N) is 1. The van der Waals surface area contributed by atoms with Gasteiger partial charge in [-0.25, -0.2) is 0 Å². The predicted molar refractivity (Wildman–Crippen MR) is 107 cm³/mol. The number of ether oxygens (including phenoxy) is 1. The molecule has 0 atom stereocenters. The second-order valence-corrected chi connectivity index (χ2v) is 6.27. The number of likely N-dealkylation sites (N-methyl/N-ethyl adjacent to an activating group) is 1. The highest BCUT2D eigenvalue weighted by atomic mass is 35.5. The van der Waals surface area contributed by atoms with Gasteiger partial charge in [0.25, 0.3) is 0 Å². The van der Waals surface area contributed by atoms with E-state index < -0.39 is 0 Å². The molecular formula is C22H20ClNO2. The third-order valence-corrected chi connectivity index (χ3v) is 4.28. The summed E-state index contributed by atoms with van der Waals surface area (Å²) in [5, 5.41) is 0.603. The van der Waals surface area contributed by atoms with Crippen molar-refractivity contribution >= 4 is 23.1 Å². The van der Waals surface area contributed by atoms with Crippen LogP contribution in [0.2, 0.25) is 5.02 Å². The Bertz CT molecular complexity index is 866. The Kier molecular flexibility index (Phi) is 5.92. The van der Waals surface area contributed by atoms with E-state index in [2.05, 4.69) is 0 Å². The minimum atomic E-state index is 0.0538. The number of carbonyl (C=O) groups is 1. The van der Waals surface area contributed by atoms with Gasteiger partial charge in [0.1, 0.15) is 5.75 Å². The molecule has 0 fully saturated rings. The van der Waals surface area contributed by atoms with Crippen LogP contribution in [-0.2, 0) is 0 Å². The quantitative estimate of drug-likeness (QED) is 0.492. The standard InChI is InChI=1S/C22H20ClNO2/c1-2-24(16-21(25)17-9-5-3-6-10-17)20-15-18(23)13-14-22(20)26-19-11-7-4-8-12-19/h3-15H,2,16H2,1H3. The third kappa shape index (κ3) is 4.44. The highest BCUT2D eigenvalue weighted by Crippen LogP contribution is 2.34. The highest BCUT2D eigenvalue weighted by molar-refractivity contribution is 6.31. The van der Waals surface area contributed by atoms with Crippen LogP contribution >= 0.6 is 11.6 Å². The monoisotopic (exact) mass is 365 g/mol. The topological polar surface area (TPSA) is 29.5 Å². The molecule has 0 radical (unpaired) electrons. The van der Waals surface area contributed by atoms with E-state index in [1.54, 1.807) is 6.07 Å². The van der Waals surface area contributed by atoms with Gasteiger partial charge in [-0.3, -0.25) is 4.79 Å². The predicted octanol–water partition coefficient (Wildman–Crippen LogP) is 5.84. The van der Waals surface area contributed by atoms with Crippen molar-refractivity contribution in [3.63, 3.8) is 0 Å². The van der Waals surface area contributed by atoms with Gasteiger partial charge >= 0.3 is 0 Å². The van der Waals surface area contributed by atoms with Gasteiger partial charge in [0.15, 0.2) is 11.5 Å². The van der Waals surface area contributed by atoms with E-state index >= 15 is 0 Å². The zero-order chi connectivity index (χ0) is 18.4. The largest absolute Gasteiger partial charge is 0.455 e. The normalized spacial score (nSPS) is 10.4. The van der Waals surface area contributed by atoms with Crippen LogP contribution in [0.25, 0.3) is 0 Å². The first-order valence-electron chi connectivity index (χ1n) is 8.53. The van der Waals surface area contributed by atoms with Crippen LogP contribution < -0.4 is 9.64 Å². The van der Waals surface area contributed by atoms with Crippen molar-refractivity contribution in [3.8, 4) is 11.5 Å². The maximum Gasteiger partial charge on any atom is 0.182 e. The van der Waals surface area contributed by atoms with E-state index in [1.807, 2.05) is 84.6 Å². The van der Waals surface area contributed by atoms with Crippen LogP contribution in [0.3, 0.4) is 0 Å². The van der Waals surface area contributed by atoms with Crippen molar-refractivity contribution in [3.05, 3.63) is 89.4 Å². The van der Waals surface area contributed by atoms with Crippen LogP contribution in [0, 0.1) is 0 Å². The zero-order valence-electron chi connectivity index (χ0n) is 14.6. The van der Waals surface area contributed by atoms with Gasteiger partial charge in [0.2, 0.25) is 0 Å². The molecule has 4 heteroatoms. The summed E-state index contributed by atoms with van der Waals surface area (Å²) in [5.74, 6) is 1.46. The summed E-state index contributed by atoms with van der Waals surface area (Å²) < 4.78 is 6.02. The minimum absolute atomic E-state index is 0.0538. The summed E-state index contributed by atoms with van der Waals surface area (Å²) in [7, 11) is 0. The Morgan fingerprint density at radius 1 is 0.962 bits per heavy atom. The number of hydrogen-bond donors (Lipinski definition) is 0. The first kappa shape index (κ1) is 18.0. The molecule has 0 N–H and O–H groups in total. The molecule has 3 rings (SSSR count). The van der Waals surface area contributed by atoms with Crippen molar-refractivity contribution in [2.75, 3.05) is 18.0 Å². The third-order valence-electron chi connectivity index (χ3n) is 4.04. The first-order chi connectivity index (χ1) is 12.7. The molecule has 3 aromatic rings. The molecule has 0 aliphatic heterocycles. The fraction of sp³-hybridized carbons (Fsp3) is 0.136. The average Bonchev–Trinajstić information content (AvgIpc) is 2.69. The van der Waals surface area contributed by atoms with E-state index in [4.69, 9.17) is 16.3 Å². The lowest BCUT2D eigenvalue weighted by Crippen LogP contribution is -2.30. The van der Waals surface area contributed by atoms with Crippen molar-refractivity contribution in [1.82, 2.24) is 0 Å². The van der Waals surface area contributed by atoms with Crippen molar-refractivity contribution < 1.29 is 9.53 Å². The van der Waals surface area contributed by atoms with E-state index in [-0.39, 0.29) is 12.3 Å². The van der Waals surface area contributed by atoms with Gasteiger partial charge in [0, 0.05) is 17.1 Å². The highest BCUT2D eigenvalue weighted by Gasteiger charge is 2.17. The van der Waals surface area contributed by atoms with E-state index in [1.165, 1.54) is 0 Å². The van der Waals surface area contributed by atoms with Gasteiger partial charge in [-0.05, 0) is 37.3 Å². The number of para-hydroxylation sites is 1. The van der Waals surface area contributed by atoms with Gasteiger partial charge in [-0.1, -0.05) is 60.1 Å². The van der Waals surface area contributed by atoms with Crippen molar-refractivity contribution in [2.24, 2.45) is 0 Å². The number of anilines is 1.